The van der Waals surface area contributed by atoms with Crippen molar-refractivity contribution in [3.63, 3.8) is 0 Å². The van der Waals surface area contributed by atoms with Gasteiger partial charge in [0.1, 0.15) is 5.82 Å². The van der Waals surface area contributed by atoms with Gasteiger partial charge in [-0.1, -0.05) is 29.3 Å². The van der Waals surface area contributed by atoms with E-state index in [0.717, 1.165) is 37.7 Å². The van der Waals surface area contributed by atoms with Crippen LogP contribution < -0.4 is 10.2 Å². The fourth-order valence-corrected chi connectivity index (χ4v) is 2.87. The highest BCUT2D eigenvalue weighted by Crippen LogP contribution is 2.31. The molecule has 23 heavy (non-hydrogen) atoms. The summed E-state index contributed by atoms with van der Waals surface area (Å²) in [5, 5.41) is 4.14. The highest BCUT2D eigenvalue weighted by molar-refractivity contribution is 6.43. The monoisotopic (exact) mass is 351 g/mol. The molecule has 1 N–H and O–H groups in total. The Morgan fingerprint density at radius 2 is 1.83 bits per heavy atom. The van der Waals surface area contributed by atoms with Crippen molar-refractivity contribution in [2.75, 3.05) is 43.4 Å². The van der Waals surface area contributed by atoms with Crippen LogP contribution in [0.3, 0.4) is 0 Å². The maximum atomic E-state index is 6.22. The molecule has 0 unspecified atom stereocenters. The number of halogens is 2. The minimum atomic E-state index is 0.473. The molecule has 0 radical (unpaired) electrons. The van der Waals surface area contributed by atoms with E-state index in [-0.39, 0.29) is 0 Å². The first-order valence-corrected chi connectivity index (χ1v) is 8.29. The van der Waals surface area contributed by atoms with Crippen LogP contribution >= 0.6 is 23.2 Å². The first kappa shape index (κ1) is 16.3. The number of nitrogens with one attached hydrogen (secondary N) is 1. The van der Waals surface area contributed by atoms with Gasteiger partial charge in [0.05, 0.1) is 15.7 Å². The van der Waals surface area contributed by atoms with Gasteiger partial charge in [0.15, 0.2) is 0 Å². The SMILES string of the molecule is Cc1cc(N2CCN(C)CC2)nc(Nc2cccc(Cl)c2Cl)n1. The Balaban J connectivity index is 1.84. The van der Waals surface area contributed by atoms with Crippen molar-refractivity contribution in [3.05, 3.63) is 40.0 Å². The zero-order valence-electron chi connectivity index (χ0n) is 13.2. The molecule has 1 aliphatic rings. The summed E-state index contributed by atoms with van der Waals surface area (Å²) in [4.78, 5) is 13.7. The van der Waals surface area contributed by atoms with Crippen LogP contribution in [0, 0.1) is 6.92 Å². The van der Waals surface area contributed by atoms with Crippen molar-refractivity contribution in [2.24, 2.45) is 0 Å². The van der Waals surface area contributed by atoms with E-state index >= 15 is 0 Å². The lowest BCUT2D eigenvalue weighted by Crippen LogP contribution is -2.44. The first-order chi connectivity index (χ1) is 11.0. The van der Waals surface area contributed by atoms with Crippen LogP contribution in [0.1, 0.15) is 5.69 Å². The summed E-state index contributed by atoms with van der Waals surface area (Å²) in [5.74, 6) is 1.47. The maximum Gasteiger partial charge on any atom is 0.229 e. The average molecular weight is 352 g/mol. The summed E-state index contributed by atoms with van der Waals surface area (Å²) in [6, 6.07) is 7.46. The van der Waals surface area contributed by atoms with Crippen LogP contribution in [-0.2, 0) is 0 Å². The lowest BCUT2D eigenvalue weighted by molar-refractivity contribution is 0.312. The molecule has 0 bridgehead atoms. The van der Waals surface area contributed by atoms with Crippen LogP contribution in [-0.4, -0.2) is 48.1 Å². The van der Waals surface area contributed by atoms with Crippen LogP contribution in [0.25, 0.3) is 0 Å². The molecular formula is C16H19Cl2N5. The normalized spacial score (nSPS) is 15.7. The molecule has 1 aromatic carbocycles. The zero-order valence-corrected chi connectivity index (χ0v) is 14.7. The number of aromatic nitrogens is 2. The molecule has 0 aliphatic carbocycles. The lowest BCUT2D eigenvalue weighted by Gasteiger charge is -2.33. The van der Waals surface area contributed by atoms with Gasteiger partial charge in [0.25, 0.3) is 0 Å². The quantitative estimate of drug-likeness (QED) is 0.915. The van der Waals surface area contributed by atoms with Gasteiger partial charge in [0.2, 0.25) is 5.95 Å². The maximum absolute atomic E-state index is 6.22. The van der Waals surface area contributed by atoms with E-state index in [2.05, 4.69) is 32.1 Å². The fourth-order valence-electron chi connectivity index (χ4n) is 2.53. The number of anilines is 3. The van der Waals surface area contributed by atoms with E-state index in [1.807, 2.05) is 25.1 Å². The third-order valence-corrected chi connectivity index (χ3v) is 4.68. The predicted octanol–water partition coefficient (Wildman–Crippen LogP) is 3.59. The molecule has 0 saturated carbocycles. The molecule has 3 rings (SSSR count). The molecule has 0 spiro atoms. The van der Waals surface area contributed by atoms with Gasteiger partial charge in [-0.25, -0.2) is 4.98 Å². The van der Waals surface area contributed by atoms with Crippen LogP contribution in [0.5, 0.6) is 0 Å². The van der Waals surface area contributed by atoms with Gasteiger partial charge in [-0.15, -0.1) is 0 Å². The number of hydrogen-bond acceptors (Lipinski definition) is 5. The first-order valence-electron chi connectivity index (χ1n) is 7.53. The van der Waals surface area contributed by atoms with E-state index in [9.17, 15) is 0 Å². The number of piperazine rings is 1. The van der Waals surface area contributed by atoms with Gasteiger partial charge < -0.3 is 15.1 Å². The van der Waals surface area contributed by atoms with E-state index in [4.69, 9.17) is 23.2 Å². The molecule has 2 aromatic rings. The average Bonchev–Trinajstić information content (AvgIpc) is 2.52. The molecule has 7 heteroatoms. The van der Waals surface area contributed by atoms with Crippen molar-refractivity contribution in [3.8, 4) is 0 Å². The number of benzene rings is 1. The number of nitrogens with zero attached hydrogens (tertiary/aromatic N) is 4. The molecular weight excluding hydrogens is 333 g/mol. The minimum absolute atomic E-state index is 0.473. The molecule has 5 nitrogen and oxygen atoms in total. The fraction of sp³-hybridized carbons (Fsp3) is 0.375. The molecule has 1 aromatic heterocycles. The Morgan fingerprint density at radius 1 is 1.09 bits per heavy atom. The van der Waals surface area contributed by atoms with E-state index < -0.39 is 0 Å². The topological polar surface area (TPSA) is 44.3 Å². The van der Waals surface area contributed by atoms with E-state index in [1.165, 1.54) is 0 Å². The van der Waals surface area contributed by atoms with Gasteiger partial charge >= 0.3 is 0 Å². The minimum Gasteiger partial charge on any atom is -0.354 e. The molecule has 1 saturated heterocycles. The van der Waals surface area contributed by atoms with Crippen LogP contribution in [0.4, 0.5) is 17.5 Å². The smallest absolute Gasteiger partial charge is 0.229 e. The van der Waals surface area contributed by atoms with E-state index in [0.29, 0.717) is 21.7 Å². The van der Waals surface area contributed by atoms with Crippen molar-refractivity contribution in [1.29, 1.82) is 0 Å². The second kappa shape index (κ2) is 6.91. The van der Waals surface area contributed by atoms with Gasteiger partial charge in [0, 0.05) is 37.9 Å². The standard InChI is InChI=1S/C16H19Cl2N5/c1-11-10-14(23-8-6-22(2)7-9-23)21-16(19-11)20-13-5-3-4-12(17)15(13)18/h3-5,10H,6-9H2,1-2H3,(H,19,20,21). The molecule has 0 amide bonds. The van der Waals surface area contributed by atoms with E-state index in [1.54, 1.807) is 6.07 Å². The highest BCUT2D eigenvalue weighted by atomic mass is 35.5. The Kier molecular flexibility index (Phi) is 4.90. The van der Waals surface area contributed by atoms with Gasteiger partial charge in [-0.05, 0) is 26.1 Å². The van der Waals surface area contributed by atoms with Crippen LogP contribution in [0.15, 0.2) is 24.3 Å². The third-order valence-electron chi connectivity index (χ3n) is 3.87. The Bertz CT molecular complexity index is 699. The molecule has 1 fully saturated rings. The zero-order chi connectivity index (χ0) is 16.4. The lowest BCUT2D eigenvalue weighted by atomic mass is 10.3. The summed E-state index contributed by atoms with van der Waals surface area (Å²) in [7, 11) is 2.14. The molecule has 122 valence electrons. The second-order valence-electron chi connectivity index (χ2n) is 5.71. The highest BCUT2D eigenvalue weighted by Gasteiger charge is 2.17. The largest absolute Gasteiger partial charge is 0.354 e. The van der Waals surface area contributed by atoms with Gasteiger partial charge in [-0.2, -0.15) is 4.98 Å². The molecule has 0 atom stereocenters. The predicted molar refractivity (Wildman–Crippen MR) is 96.2 cm³/mol. The Labute approximate surface area is 146 Å². The summed E-state index contributed by atoms with van der Waals surface area (Å²) in [5.41, 5.74) is 1.61. The summed E-state index contributed by atoms with van der Waals surface area (Å²) >= 11 is 12.3. The summed E-state index contributed by atoms with van der Waals surface area (Å²) in [6.45, 7) is 5.96. The van der Waals surface area contributed by atoms with Crippen LogP contribution in [0.2, 0.25) is 10.0 Å². The van der Waals surface area contributed by atoms with Crippen molar-refractivity contribution in [2.45, 2.75) is 6.92 Å². The number of rotatable bonds is 3. The Morgan fingerprint density at radius 3 is 2.57 bits per heavy atom. The number of aryl methyl sites for hydroxylation is 1. The van der Waals surface area contributed by atoms with Crippen molar-refractivity contribution in [1.82, 2.24) is 14.9 Å². The summed E-state index contributed by atoms with van der Waals surface area (Å²) in [6.07, 6.45) is 0. The van der Waals surface area contributed by atoms with Crippen molar-refractivity contribution >= 4 is 40.7 Å². The second-order valence-corrected chi connectivity index (χ2v) is 6.49. The molecule has 2 heterocycles. The number of likely N-dealkylation sites (N-methyl/N-ethyl adjacent to an activating group) is 1. The van der Waals surface area contributed by atoms with Crippen molar-refractivity contribution < 1.29 is 0 Å². The number of hydrogen-bond donors (Lipinski definition) is 1. The van der Waals surface area contributed by atoms with Gasteiger partial charge in [-0.3, -0.25) is 0 Å². The third kappa shape index (κ3) is 3.86. The Hall–Kier alpha value is -1.56. The summed E-state index contributed by atoms with van der Waals surface area (Å²) < 4.78 is 0. The molecule has 1 aliphatic heterocycles.